The number of hydrogen-bond donors (Lipinski definition) is 2. The van der Waals surface area contributed by atoms with Gasteiger partial charge in [-0.3, -0.25) is 24.4 Å². The summed E-state index contributed by atoms with van der Waals surface area (Å²) >= 11 is 0. The Morgan fingerprint density at radius 3 is 2.69 bits per heavy atom. The molecule has 4 aromatic heterocycles. The molecule has 0 spiro atoms. The average molecular weight is 388 g/mol. The lowest BCUT2D eigenvalue weighted by atomic mass is 10.1. The van der Waals surface area contributed by atoms with Crippen molar-refractivity contribution in [1.29, 1.82) is 5.41 Å². The Balaban J connectivity index is 2.09. The molecule has 0 bridgehead atoms. The van der Waals surface area contributed by atoms with Crippen LogP contribution >= 0.6 is 0 Å². The van der Waals surface area contributed by atoms with Crippen LogP contribution in [0, 0.1) is 12.3 Å². The van der Waals surface area contributed by atoms with Gasteiger partial charge < -0.3 is 9.88 Å². The molecule has 29 heavy (non-hydrogen) atoms. The van der Waals surface area contributed by atoms with Crippen LogP contribution in [-0.4, -0.2) is 31.4 Å². The van der Waals surface area contributed by atoms with Crippen molar-refractivity contribution in [3.8, 4) is 0 Å². The van der Waals surface area contributed by atoms with Crippen molar-refractivity contribution in [1.82, 2.24) is 24.3 Å². The molecule has 4 rings (SSSR count). The van der Waals surface area contributed by atoms with Crippen molar-refractivity contribution in [2.24, 2.45) is 0 Å². The summed E-state index contributed by atoms with van der Waals surface area (Å²) in [7, 11) is 0. The molecule has 0 saturated carbocycles. The van der Waals surface area contributed by atoms with Crippen LogP contribution in [0.5, 0.6) is 0 Å². The van der Waals surface area contributed by atoms with Gasteiger partial charge in [-0.15, -0.1) is 0 Å². The number of nitrogens with zero attached hydrogens (tertiary/aromatic N) is 4. The maximum atomic E-state index is 13.2. The van der Waals surface area contributed by atoms with Gasteiger partial charge in [-0.25, -0.2) is 4.98 Å². The van der Waals surface area contributed by atoms with E-state index in [0.717, 1.165) is 11.1 Å². The predicted octanol–water partition coefficient (Wildman–Crippen LogP) is 1.63. The van der Waals surface area contributed by atoms with Gasteiger partial charge in [0.15, 0.2) is 0 Å². The van der Waals surface area contributed by atoms with Crippen LogP contribution in [0.15, 0.2) is 53.7 Å². The van der Waals surface area contributed by atoms with E-state index < -0.39 is 5.91 Å². The number of aryl methyl sites for hydroxylation is 1. The zero-order valence-electron chi connectivity index (χ0n) is 16.1. The van der Waals surface area contributed by atoms with Crippen molar-refractivity contribution in [2.75, 3.05) is 6.54 Å². The zero-order chi connectivity index (χ0) is 20.5. The fourth-order valence-corrected chi connectivity index (χ4v) is 3.30. The Morgan fingerprint density at radius 2 is 1.97 bits per heavy atom. The lowest BCUT2D eigenvalue weighted by Gasteiger charge is -2.15. The molecule has 0 fully saturated rings. The summed E-state index contributed by atoms with van der Waals surface area (Å²) in [6.07, 6.45) is 5.05. The number of rotatable bonds is 4. The Labute approximate surface area is 166 Å². The molecular formula is C21H20N6O2. The van der Waals surface area contributed by atoms with E-state index in [1.807, 2.05) is 25.1 Å². The second kappa shape index (κ2) is 7.31. The molecule has 2 N–H and O–H groups in total. The Morgan fingerprint density at radius 1 is 1.21 bits per heavy atom. The third kappa shape index (κ3) is 3.29. The summed E-state index contributed by atoms with van der Waals surface area (Å²) in [5.74, 6) is -0.392. The Hall–Kier alpha value is -3.81. The normalized spacial score (nSPS) is 11.1. The quantitative estimate of drug-likeness (QED) is 0.518. The summed E-state index contributed by atoms with van der Waals surface area (Å²) in [6.45, 7) is 4.42. The molecule has 4 aromatic rings. The number of fused-ring (bicyclic) bond motifs is 2. The molecule has 0 aromatic carbocycles. The van der Waals surface area contributed by atoms with E-state index in [-0.39, 0.29) is 16.6 Å². The van der Waals surface area contributed by atoms with Gasteiger partial charge in [-0.2, -0.15) is 0 Å². The molecule has 0 radical (unpaired) electrons. The fourth-order valence-electron chi connectivity index (χ4n) is 3.30. The Bertz CT molecular complexity index is 1360. The molecule has 8 heteroatoms. The van der Waals surface area contributed by atoms with E-state index in [0.29, 0.717) is 29.8 Å². The molecule has 0 aliphatic rings. The van der Waals surface area contributed by atoms with Crippen LogP contribution in [0.25, 0.3) is 16.7 Å². The van der Waals surface area contributed by atoms with Crippen molar-refractivity contribution in [2.45, 2.75) is 20.4 Å². The monoisotopic (exact) mass is 388 g/mol. The second-order valence-electron chi connectivity index (χ2n) is 6.80. The standard InChI is InChI=1S/C21H20N6O2/c1-3-24-20(28)15-10-16-19(25-17-5-4-13(2)11-26(17)21(16)29)27(18(15)22)12-14-6-8-23-9-7-14/h4-11,22H,3,12H2,1-2H3,(H,24,28). The van der Waals surface area contributed by atoms with Crippen molar-refractivity contribution in [3.63, 3.8) is 0 Å². The zero-order valence-corrected chi connectivity index (χ0v) is 16.1. The van der Waals surface area contributed by atoms with Gasteiger partial charge in [0.05, 0.1) is 17.5 Å². The van der Waals surface area contributed by atoms with E-state index >= 15 is 0 Å². The summed E-state index contributed by atoms with van der Waals surface area (Å²) in [4.78, 5) is 34.4. The van der Waals surface area contributed by atoms with Crippen LogP contribution in [0.3, 0.4) is 0 Å². The highest BCUT2D eigenvalue weighted by molar-refractivity contribution is 5.96. The van der Waals surface area contributed by atoms with E-state index in [1.165, 1.54) is 10.5 Å². The molecule has 0 unspecified atom stereocenters. The van der Waals surface area contributed by atoms with Gasteiger partial charge in [0.1, 0.15) is 16.8 Å². The molecule has 146 valence electrons. The van der Waals surface area contributed by atoms with Crippen LogP contribution in [0.1, 0.15) is 28.4 Å². The summed E-state index contributed by atoms with van der Waals surface area (Å²) < 4.78 is 3.07. The van der Waals surface area contributed by atoms with Gasteiger partial charge in [-0.05, 0) is 49.2 Å². The minimum atomic E-state index is -0.392. The topological polar surface area (TPSA) is 105 Å². The first-order chi connectivity index (χ1) is 14.0. The third-order valence-corrected chi connectivity index (χ3v) is 4.73. The average Bonchev–Trinajstić information content (AvgIpc) is 2.72. The molecule has 4 heterocycles. The van der Waals surface area contributed by atoms with E-state index in [2.05, 4.69) is 15.3 Å². The summed E-state index contributed by atoms with van der Waals surface area (Å²) in [6, 6.07) is 8.78. The van der Waals surface area contributed by atoms with Gasteiger partial charge in [0.25, 0.3) is 11.5 Å². The second-order valence-corrected chi connectivity index (χ2v) is 6.80. The molecule has 0 aliphatic heterocycles. The maximum absolute atomic E-state index is 13.2. The van der Waals surface area contributed by atoms with E-state index in [4.69, 9.17) is 5.41 Å². The fraction of sp³-hybridized carbons (Fsp3) is 0.190. The maximum Gasteiger partial charge on any atom is 0.267 e. The van der Waals surface area contributed by atoms with Gasteiger partial charge in [0.2, 0.25) is 0 Å². The summed E-state index contributed by atoms with van der Waals surface area (Å²) in [5.41, 5.74) is 2.53. The van der Waals surface area contributed by atoms with Crippen LogP contribution < -0.4 is 16.4 Å². The number of amides is 1. The van der Waals surface area contributed by atoms with Crippen molar-refractivity contribution in [3.05, 3.63) is 81.5 Å². The number of hydrogen-bond acceptors (Lipinski definition) is 5. The highest BCUT2D eigenvalue weighted by Crippen LogP contribution is 2.13. The minimum absolute atomic E-state index is 0.00336. The van der Waals surface area contributed by atoms with E-state index in [1.54, 1.807) is 36.1 Å². The number of carbonyl (C=O) groups excluding carboxylic acids is 1. The number of aromatic nitrogens is 4. The van der Waals surface area contributed by atoms with Gasteiger partial charge >= 0.3 is 0 Å². The molecule has 1 amide bonds. The molecule has 0 saturated heterocycles. The first-order valence-corrected chi connectivity index (χ1v) is 9.28. The van der Waals surface area contributed by atoms with E-state index in [9.17, 15) is 9.59 Å². The number of nitrogens with one attached hydrogen (secondary N) is 2. The van der Waals surface area contributed by atoms with Crippen LogP contribution in [0.4, 0.5) is 0 Å². The molecule has 8 nitrogen and oxygen atoms in total. The SMILES string of the molecule is CCNC(=O)c1cc2c(=O)n3cc(C)ccc3nc2n(Cc2ccncc2)c1=N. The largest absolute Gasteiger partial charge is 0.352 e. The minimum Gasteiger partial charge on any atom is -0.352 e. The Kier molecular flexibility index (Phi) is 4.67. The molecule has 0 aliphatic carbocycles. The molecular weight excluding hydrogens is 368 g/mol. The van der Waals surface area contributed by atoms with Crippen LogP contribution in [-0.2, 0) is 6.54 Å². The van der Waals surface area contributed by atoms with Gasteiger partial charge in [-0.1, -0.05) is 6.07 Å². The molecule has 0 atom stereocenters. The summed E-state index contributed by atoms with van der Waals surface area (Å²) in [5, 5.41) is 11.6. The smallest absolute Gasteiger partial charge is 0.267 e. The number of pyridine rings is 3. The van der Waals surface area contributed by atoms with Crippen molar-refractivity contribution < 1.29 is 4.79 Å². The highest BCUT2D eigenvalue weighted by atomic mass is 16.1. The third-order valence-electron chi connectivity index (χ3n) is 4.73. The highest BCUT2D eigenvalue weighted by Gasteiger charge is 2.17. The lowest BCUT2D eigenvalue weighted by Crippen LogP contribution is -2.35. The van der Waals surface area contributed by atoms with Gasteiger partial charge in [0, 0.05) is 25.1 Å². The predicted molar refractivity (Wildman–Crippen MR) is 109 cm³/mol. The lowest BCUT2D eigenvalue weighted by molar-refractivity contribution is 0.0953. The first kappa shape index (κ1) is 18.5. The van der Waals surface area contributed by atoms with Crippen LogP contribution in [0.2, 0.25) is 0 Å². The van der Waals surface area contributed by atoms with Crippen molar-refractivity contribution >= 4 is 22.6 Å². The first-order valence-electron chi connectivity index (χ1n) is 9.28. The number of carbonyl (C=O) groups is 1.